The van der Waals surface area contributed by atoms with Gasteiger partial charge in [0.05, 0.1) is 0 Å². The predicted molar refractivity (Wildman–Crippen MR) is 77.0 cm³/mol. The molecule has 3 fully saturated rings. The molecule has 0 spiro atoms. The first-order chi connectivity index (χ1) is 9.36. The fraction of sp³-hybridized carbons (Fsp3) is 0.938. The van der Waals surface area contributed by atoms with Gasteiger partial charge in [0.2, 0.25) is 5.91 Å². The Balaban J connectivity index is 1.67. The molecule has 108 valence electrons. The van der Waals surface area contributed by atoms with Gasteiger partial charge >= 0.3 is 0 Å². The topological polar surface area (TPSA) is 32.3 Å². The summed E-state index contributed by atoms with van der Waals surface area (Å²) in [6.07, 6.45) is 12.5. The molecule has 3 rings (SSSR count). The largest absolute Gasteiger partial charge is 0.335 e. The molecule has 2 heterocycles. The first-order valence-electron chi connectivity index (χ1n) is 8.39. The second-order valence-electron chi connectivity index (χ2n) is 6.67. The van der Waals surface area contributed by atoms with Crippen LogP contribution in [-0.2, 0) is 4.79 Å². The van der Waals surface area contributed by atoms with Gasteiger partial charge in [0.15, 0.2) is 0 Å². The van der Waals surface area contributed by atoms with Gasteiger partial charge in [-0.25, -0.2) is 0 Å². The Hall–Kier alpha value is -0.570. The van der Waals surface area contributed by atoms with Gasteiger partial charge in [-0.15, -0.1) is 0 Å². The first-order valence-corrected chi connectivity index (χ1v) is 8.39. The zero-order chi connectivity index (χ0) is 13.1. The van der Waals surface area contributed by atoms with Crippen LogP contribution in [-0.4, -0.2) is 36.0 Å². The van der Waals surface area contributed by atoms with Crippen LogP contribution in [0, 0.1) is 5.92 Å². The highest BCUT2D eigenvalue weighted by Crippen LogP contribution is 2.32. The minimum Gasteiger partial charge on any atom is -0.335 e. The highest BCUT2D eigenvalue weighted by molar-refractivity contribution is 5.80. The number of nitrogens with one attached hydrogen (secondary N) is 1. The standard InChI is InChI=1S/C16H28N2O/c19-16(13-6-4-2-1-3-5-7-13)18-14-8-9-15(18)12-17-11-10-14/h13-15,17H,1-12H2. The first kappa shape index (κ1) is 13.4. The molecular formula is C16H28N2O. The second-order valence-corrected chi connectivity index (χ2v) is 6.67. The Morgan fingerprint density at radius 2 is 1.53 bits per heavy atom. The van der Waals surface area contributed by atoms with Crippen LogP contribution >= 0.6 is 0 Å². The molecule has 2 aliphatic heterocycles. The molecule has 1 N–H and O–H groups in total. The van der Waals surface area contributed by atoms with Crippen LogP contribution in [0.25, 0.3) is 0 Å². The Bertz CT molecular complexity index is 296. The fourth-order valence-corrected chi connectivity index (χ4v) is 4.26. The molecule has 1 amide bonds. The van der Waals surface area contributed by atoms with E-state index in [1.165, 1.54) is 44.9 Å². The number of nitrogens with zero attached hydrogens (tertiary/aromatic N) is 1. The minimum absolute atomic E-state index is 0.335. The number of fused-ring (bicyclic) bond motifs is 2. The number of carbonyl (C=O) groups is 1. The van der Waals surface area contributed by atoms with Gasteiger partial charge in [0, 0.05) is 24.5 Å². The Kier molecular flexibility index (Phi) is 4.42. The number of hydrogen-bond donors (Lipinski definition) is 1. The van der Waals surface area contributed by atoms with E-state index in [1.54, 1.807) is 0 Å². The van der Waals surface area contributed by atoms with Crippen molar-refractivity contribution in [1.82, 2.24) is 10.2 Å². The van der Waals surface area contributed by atoms with Crippen molar-refractivity contribution < 1.29 is 4.79 Å². The third kappa shape index (κ3) is 2.96. The zero-order valence-electron chi connectivity index (χ0n) is 12.1. The van der Waals surface area contributed by atoms with Gasteiger partial charge < -0.3 is 10.2 Å². The number of rotatable bonds is 1. The van der Waals surface area contributed by atoms with E-state index in [9.17, 15) is 4.79 Å². The molecule has 1 aliphatic carbocycles. The predicted octanol–water partition coefficient (Wildman–Crippen LogP) is 2.70. The molecule has 2 bridgehead atoms. The van der Waals surface area contributed by atoms with Crippen molar-refractivity contribution in [1.29, 1.82) is 0 Å². The lowest BCUT2D eigenvalue weighted by Crippen LogP contribution is -2.45. The fourth-order valence-electron chi connectivity index (χ4n) is 4.26. The third-order valence-corrected chi connectivity index (χ3v) is 5.36. The van der Waals surface area contributed by atoms with Crippen LogP contribution in [0.5, 0.6) is 0 Å². The summed E-state index contributed by atoms with van der Waals surface area (Å²) in [5, 5.41) is 3.49. The minimum atomic E-state index is 0.335. The lowest BCUT2D eigenvalue weighted by molar-refractivity contribution is -0.138. The van der Waals surface area contributed by atoms with Gasteiger partial charge in [-0.1, -0.05) is 32.1 Å². The van der Waals surface area contributed by atoms with Gasteiger partial charge in [-0.2, -0.15) is 0 Å². The van der Waals surface area contributed by atoms with Crippen molar-refractivity contribution in [2.24, 2.45) is 5.92 Å². The van der Waals surface area contributed by atoms with Gasteiger partial charge in [-0.3, -0.25) is 4.79 Å². The van der Waals surface area contributed by atoms with Crippen molar-refractivity contribution in [3.8, 4) is 0 Å². The summed E-state index contributed by atoms with van der Waals surface area (Å²) < 4.78 is 0. The molecule has 1 saturated carbocycles. The van der Waals surface area contributed by atoms with Crippen LogP contribution in [0.1, 0.15) is 64.2 Å². The van der Waals surface area contributed by atoms with Crippen LogP contribution in [0.4, 0.5) is 0 Å². The summed E-state index contributed by atoms with van der Waals surface area (Å²) in [7, 11) is 0. The summed E-state index contributed by atoms with van der Waals surface area (Å²) in [6.45, 7) is 2.12. The Morgan fingerprint density at radius 1 is 0.842 bits per heavy atom. The molecule has 3 heteroatoms. The molecule has 3 aliphatic rings. The maximum absolute atomic E-state index is 12.9. The maximum Gasteiger partial charge on any atom is 0.226 e. The van der Waals surface area contributed by atoms with E-state index < -0.39 is 0 Å². The number of hydrogen-bond acceptors (Lipinski definition) is 2. The Morgan fingerprint density at radius 3 is 2.32 bits per heavy atom. The van der Waals surface area contributed by atoms with Crippen molar-refractivity contribution in [3.63, 3.8) is 0 Å². The van der Waals surface area contributed by atoms with Crippen LogP contribution in [0.2, 0.25) is 0 Å². The van der Waals surface area contributed by atoms with Gasteiger partial charge in [-0.05, 0) is 38.6 Å². The zero-order valence-corrected chi connectivity index (χ0v) is 12.1. The highest BCUT2D eigenvalue weighted by atomic mass is 16.2. The number of carbonyl (C=O) groups excluding carboxylic acids is 1. The highest BCUT2D eigenvalue weighted by Gasteiger charge is 2.40. The summed E-state index contributed by atoms with van der Waals surface area (Å²) in [5.74, 6) is 0.833. The summed E-state index contributed by atoms with van der Waals surface area (Å²) in [5.41, 5.74) is 0. The smallest absolute Gasteiger partial charge is 0.226 e. The second kappa shape index (κ2) is 6.25. The molecule has 0 aromatic carbocycles. The average molecular weight is 264 g/mol. The van der Waals surface area contributed by atoms with E-state index in [0.717, 1.165) is 32.4 Å². The summed E-state index contributed by atoms with van der Waals surface area (Å²) in [4.78, 5) is 15.2. The molecule has 0 aromatic rings. The lowest BCUT2D eigenvalue weighted by atomic mass is 9.89. The van der Waals surface area contributed by atoms with E-state index in [0.29, 0.717) is 23.9 Å². The third-order valence-electron chi connectivity index (χ3n) is 5.36. The van der Waals surface area contributed by atoms with Crippen LogP contribution < -0.4 is 5.32 Å². The van der Waals surface area contributed by atoms with Crippen LogP contribution in [0.15, 0.2) is 0 Å². The summed E-state index contributed by atoms with van der Waals surface area (Å²) in [6, 6.07) is 1.03. The van der Waals surface area contributed by atoms with E-state index >= 15 is 0 Å². The van der Waals surface area contributed by atoms with E-state index in [4.69, 9.17) is 0 Å². The Labute approximate surface area is 117 Å². The van der Waals surface area contributed by atoms with E-state index in [1.807, 2.05) is 0 Å². The molecule has 0 aromatic heterocycles. The summed E-state index contributed by atoms with van der Waals surface area (Å²) >= 11 is 0. The molecule has 19 heavy (non-hydrogen) atoms. The molecule has 0 radical (unpaired) electrons. The van der Waals surface area contributed by atoms with Crippen molar-refractivity contribution in [2.45, 2.75) is 76.3 Å². The van der Waals surface area contributed by atoms with E-state index in [-0.39, 0.29) is 0 Å². The molecule has 2 saturated heterocycles. The van der Waals surface area contributed by atoms with Gasteiger partial charge in [0.1, 0.15) is 0 Å². The monoisotopic (exact) mass is 264 g/mol. The molecule has 2 atom stereocenters. The van der Waals surface area contributed by atoms with Crippen molar-refractivity contribution >= 4 is 5.91 Å². The lowest BCUT2D eigenvalue weighted by Gasteiger charge is -2.32. The number of amides is 1. The normalized spacial score (nSPS) is 33.6. The van der Waals surface area contributed by atoms with E-state index in [2.05, 4.69) is 10.2 Å². The molecule has 3 nitrogen and oxygen atoms in total. The van der Waals surface area contributed by atoms with Crippen molar-refractivity contribution in [3.05, 3.63) is 0 Å². The van der Waals surface area contributed by atoms with Crippen LogP contribution in [0.3, 0.4) is 0 Å². The average Bonchev–Trinajstić information content (AvgIpc) is 2.61. The molecule has 2 unspecified atom stereocenters. The van der Waals surface area contributed by atoms with Crippen molar-refractivity contribution in [2.75, 3.05) is 13.1 Å². The van der Waals surface area contributed by atoms with Gasteiger partial charge in [0.25, 0.3) is 0 Å². The SMILES string of the molecule is O=C(C1CCCCCCC1)N1C2CCNCC1CC2. The quantitative estimate of drug-likeness (QED) is 0.790. The molecular weight excluding hydrogens is 236 g/mol. The maximum atomic E-state index is 12.9.